The summed E-state index contributed by atoms with van der Waals surface area (Å²) in [7, 11) is 0. The first-order chi connectivity index (χ1) is 7.38. The van der Waals surface area contributed by atoms with Gasteiger partial charge >= 0.3 is 0 Å². The number of ether oxygens (including phenoxy) is 1. The van der Waals surface area contributed by atoms with Gasteiger partial charge in [0, 0.05) is 18.1 Å². The van der Waals surface area contributed by atoms with Crippen LogP contribution < -0.4 is 0 Å². The lowest BCUT2D eigenvalue weighted by Crippen LogP contribution is -2.07. The Morgan fingerprint density at radius 2 is 2.00 bits per heavy atom. The standard InChI is InChI=1S/C13H14O2/c14-13(9-4-2-1-3-5-9)12-10-6-7-15-8-11(10)12/h1-5,10-12H,6-8H2. The molecule has 2 heteroatoms. The molecule has 0 amide bonds. The lowest BCUT2D eigenvalue weighted by molar-refractivity contribution is 0.0866. The van der Waals surface area contributed by atoms with E-state index in [1.165, 1.54) is 0 Å². The van der Waals surface area contributed by atoms with Crippen LogP contribution in [-0.4, -0.2) is 19.0 Å². The first-order valence-corrected chi connectivity index (χ1v) is 5.55. The highest BCUT2D eigenvalue weighted by Crippen LogP contribution is 2.52. The van der Waals surface area contributed by atoms with Gasteiger partial charge in [-0.15, -0.1) is 0 Å². The summed E-state index contributed by atoms with van der Waals surface area (Å²) in [6.45, 7) is 1.62. The number of Topliss-reactive ketones (excluding diaryl/α,β-unsaturated/α-hetero) is 1. The third-order valence-corrected chi connectivity index (χ3v) is 3.60. The molecule has 2 aliphatic rings. The van der Waals surface area contributed by atoms with Crippen LogP contribution in [0.4, 0.5) is 0 Å². The highest BCUT2D eigenvalue weighted by molar-refractivity contribution is 6.00. The quantitative estimate of drug-likeness (QED) is 0.687. The molecule has 15 heavy (non-hydrogen) atoms. The van der Waals surface area contributed by atoms with Crippen molar-refractivity contribution in [1.29, 1.82) is 0 Å². The number of benzene rings is 1. The predicted molar refractivity (Wildman–Crippen MR) is 56.7 cm³/mol. The molecule has 0 radical (unpaired) electrons. The zero-order valence-electron chi connectivity index (χ0n) is 8.56. The maximum absolute atomic E-state index is 12.1. The lowest BCUT2D eigenvalue weighted by atomic mass is 10.1. The number of ketones is 1. The summed E-state index contributed by atoms with van der Waals surface area (Å²) in [5, 5.41) is 0. The van der Waals surface area contributed by atoms with Crippen molar-refractivity contribution in [2.45, 2.75) is 6.42 Å². The Kier molecular flexibility index (Phi) is 2.10. The molecular weight excluding hydrogens is 188 g/mol. The van der Waals surface area contributed by atoms with E-state index in [0.717, 1.165) is 25.2 Å². The maximum Gasteiger partial charge on any atom is 0.166 e. The average molecular weight is 202 g/mol. The fourth-order valence-corrected chi connectivity index (χ4v) is 2.69. The molecule has 0 aromatic heterocycles. The second-order valence-corrected chi connectivity index (χ2v) is 4.45. The number of rotatable bonds is 2. The van der Waals surface area contributed by atoms with Crippen molar-refractivity contribution in [3.05, 3.63) is 35.9 Å². The van der Waals surface area contributed by atoms with E-state index < -0.39 is 0 Å². The molecule has 1 aromatic carbocycles. The van der Waals surface area contributed by atoms with E-state index in [1.807, 2.05) is 30.3 Å². The van der Waals surface area contributed by atoms with E-state index in [0.29, 0.717) is 17.6 Å². The van der Waals surface area contributed by atoms with Crippen molar-refractivity contribution in [2.24, 2.45) is 17.8 Å². The van der Waals surface area contributed by atoms with Gasteiger partial charge in [0.1, 0.15) is 0 Å². The summed E-state index contributed by atoms with van der Waals surface area (Å²) in [5.74, 6) is 1.67. The van der Waals surface area contributed by atoms with Crippen LogP contribution in [0.15, 0.2) is 30.3 Å². The highest BCUT2D eigenvalue weighted by atomic mass is 16.5. The van der Waals surface area contributed by atoms with Crippen molar-refractivity contribution in [2.75, 3.05) is 13.2 Å². The Labute approximate surface area is 89.2 Å². The molecule has 0 spiro atoms. The smallest absolute Gasteiger partial charge is 0.166 e. The number of carbonyl (C=O) groups excluding carboxylic acids is 1. The SMILES string of the molecule is O=C(c1ccccc1)C1C2CCOCC21. The second kappa shape index (κ2) is 3.46. The number of hydrogen-bond acceptors (Lipinski definition) is 2. The van der Waals surface area contributed by atoms with Gasteiger partial charge in [0.2, 0.25) is 0 Å². The number of carbonyl (C=O) groups is 1. The van der Waals surface area contributed by atoms with E-state index in [2.05, 4.69) is 0 Å². The second-order valence-electron chi connectivity index (χ2n) is 4.45. The van der Waals surface area contributed by atoms with Gasteiger partial charge in [-0.25, -0.2) is 0 Å². The first-order valence-electron chi connectivity index (χ1n) is 5.55. The minimum absolute atomic E-state index is 0.245. The minimum atomic E-state index is 0.245. The molecule has 2 nitrogen and oxygen atoms in total. The zero-order valence-corrected chi connectivity index (χ0v) is 8.56. The molecule has 1 aliphatic heterocycles. The monoisotopic (exact) mass is 202 g/mol. The van der Waals surface area contributed by atoms with E-state index in [1.54, 1.807) is 0 Å². The minimum Gasteiger partial charge on any atom is -0.381 e. The van der Waals surface area contributed by atoms with E-state index in [9.17, 15) is 4.79 Å². The van der Waals surface area contributed by atoms with Gasteiger partial charge in [0.15, 0.2) is 5.78 Å². The summed E-state index contributed by atoms with van der Waals surface area (Å²) < 4.78 is 5.39. The average Bonchev–Trinajstić information content (AvgIpc) is 3.03. The van der Waals surface area contributed by atoms with Crippen molar-refractivity contribution < 1.29 is 9.53 Å². The topological polar surface area (TPSA) is 26.3 Å². The van der Waals surface area contributed by atoms with Crippen molar-refractivity contribution in [1.82, 2.24) is 0 Å². The zero-order chi connectivity index (χ0) is 10.3. The van der Waals surface area contributed by atoms with Crippen LogP contribution in [0.25, 0.3) is 0 Å². The molecular formula is C13H14O2. The van der Waals surface area contributed by atoms with Crippen LogP contribution in [0.5, 0.6) is 0 Å². The third kappa shape index (κ3) is 1.49. The van der Waals surface area contributed by atoms with Gasteiger partial charge in [-0.3, -0.25) is 4.79 Å². The molecule has 1 aliphatic carbocycles. The first kappa shape index (κ1) is 9.10. The fraction of sp³-hybridized carbons (Fsp3) is 0.462. The molecule has 3 rings (SSSR count). The lowest BCUT2D eigenvalue weighted by Gasteiger charge is -2.07. The van der Waals surface area contributed by atoms with Crippen molar-refractivity contribution in [3.8, 4) is 0 Å². The summed E-state index contributed by atoms with van der Waals surface area (Å²) in [6, 6.07) is 9.62. The van der Waals surface area contributed by atoms with Crippen LogP contribution in [0, 0.1) is 17.8 Å². The van der Waals surface area contributed by atoms with E-state index in [-0.39, 0.29) is 5.92 Å². The summed E-state index contributed by atoms with van der Waals surface area (Å²) in [4.78, 5) is 12.1. The molecule has 2 fully saturated rings. The molecule has 3 atom stereocenters. The predicted octanol–water partition coefficient (Wildman–Crippen LogP) is 2.15. The molecule has 1 saturated carbocycles. The van der Waals surface area contributed by atoms with Crippen molar-refractivity contribution >= 4 is 5.78 Å². The van der Waals surface area contributed by atoms with Crippen molar-refractivity contribution in [3.63, 3.8) is 0 Å². The summed E-state index contributed by atoms with van der Waals surface area (Å²) in [5.41, 5.74) is 0.858. The van der Waals surface area contributed by atoms with Crippen LogP contribution in [0.3, 0.4) is 0 Å². The summed E-state index contributed by atoms with van der Waals surface area (Å²) in [6.07, 6.45) is 1.06. The highest BCUT2D eigenvalue weighted by Gasteiger charge is 2.55. The van der Waals surface area contributed by atoms with Gasteiger partial charge in [-0.1, -0.05) is 30.3 Å². The Balaban J connectivity index is 1.77. The molecule has 3 unspecified atom stereocenters. The summed E-state index contributed by atoms with van der Waals surface area (Å²) >= 11 is 0. The normalized spacial score (nSPS) is 33.2. The maximum atomic E-state index is 12.1. The van der Waals surface area contributed by atoms with Gasteiger partial charge in [-0.2, -0.15) is 0 Å². The van der Waals surface area contributed by atoms with E-state index >= 15 is 0 Å². The van der Waals surface area contributed by atoms with Crippen LogP contribution in [-0.2, 0) is 4.74 Å². The largest absolute Gasteiger partial charge is 0.381 e. The molecule has 1 saturated heterocycles. The van der Waals surface area contributed by atoms with E-state index in [4.69, 9.17) is 4.74 Å². The Morgan fingerprint density at radius 1 is 1.20 bits per heavy atom. The van der Waals surface area contributed by atoms with Gasteiger partial charge < -0.3 is 4.74 Å². The molecule has 0 bridgehead atoms. The molecule has 1 heterocycles. The molecule has 78 valence electrons. The Bertz CT molecular complexity index is 359. The van der Waals surface area contributed by atoms with Crippen LogP contribution in [0.2, 0.25) is 0 Å². The Hall–Kier alpha value is -1.15. The van der Waals surface area contributed by atoms with Crippen LogP contribution >= 0.6 is 0 Å². The van der Waals surface area contributed by atoms with Gasteiger partial charge in [-0.05, 0) is 18.3 Å². The molecule has 0 N–H and O–H groups in total. The van der Waals surface area contributed by atoms with Gasteiger partial charge in [0.25, 0.3) is 0 Å². The van der Waals surface area contributed by atoms with Gasteiger partial charge in [0.05, 0.1) is 6.61 Å². The fourth-order valence-electron chi connectivity index (χ4n) is 2.69. The number of hydrogen-bond donors (Lipinski definition) is 0. The van der Waals surface area contributed by atoms with Crippen LogP contribution in [0.1, 0.15) is 16.8 Å². The third-order valence-electron chi connectivity index (χ3n) is 3.60. The molecule has 1 aromatic rings. The Morgan fingerprint density at radius 3 is 2.67 bits per heavy atom. The number of fused-ring (bicyclic) bond motifs is 1.